The highest BCUT2D eigenvalue weighted by Crippen LogP contribution is 2.13. The lowest BCUT2D eigenvalue weighted by molar-refractivity contribution is 0.0193. The fourth-order valence-corrected chi connectivity index (χ4v) is 1.56. The molecular formula is C13H30N2O3. The second-order valence-corrected chi connectivity index (χ2v) is 5.32. The number of nitrogens with zero attached hydrogens (tertiary/aromatic N) is 1. The zero-order chi connectivity index (χ0) is 13.9. The summed E-state index contributed by atoms with van der Waals surface area (Å²) in [6.07, 6.45) is 0. The summed E-state index contributed by atoms with van der Waals surface area (Å²) in [5.41, 5.74) is 5.87. The van der Waals surface area contributed by atoms with Crippen LogP contribution in [0.2, 0.25) is 0 Å². The number of hydrogen-bond donors (Lipinski definition) is 1. The summed E-state index contributed by atoms with van der Waals surface area (Å²) in [7, 11) is 3.76. The van der Waals surface area contributed by atoms with Gasteiger partial charge in [-0.1, -0.05) is 13.8 Å². The molecule has 0 spiro atoms. The summed E-state index contributed by atoms with van der Waals surface area (Å²) in [6, 6.07) is 0. The van der Waals surface area contributed by atoms with Gasteiger partial charge in [0.2, 0.25) is 0 Å². The molecule has 0 aliphatic carbocycles. The highest BCUT2D eigenvalue weighted by Gasteiger charge is 2.17. The molecule has 0 aliphatic rings. The van der Waals surface area contributed by atoms with Crippen LogP contribution in [0.15, 0.2) is 0 Å². The maximum absolute atomic E-state index is 5.70. The fourth-order valence-electron chi connectivity index (χ4n) is 1.56. The third-order valence-corrected chi connectivity index (χ3v) is 2.67. The van der Waals surface area contributed by atoms with Crippen molar-refractivity contribution in [2.75, 3.05) is 66.8 Å². The number of ether oxygens (including phenoxy) is 3. The zero-order valence-corrected chi connectivity index (χ0v) is 12.4. The molecule has 5 heteroatoms. The van der Waals surface area contributed by atoms with Crippen LogP contribution in [0.1, 0.15) is 13.8 Å². The summed E-state index contributed by atoms with van der Waals surface area (Å²) in [4.78, 5) is 2.25. The van der Waals surface area contributed by atoms with Crippen LogP contribution < -0.4 is 5.73 Å². The average molecular weight is 262 g/mol. The van der Waals surface area contributed by atoms with E-state index in [1.807, 2.05) is 0 Å². The van der Waals surface area contributed by atoms with Crippen molar-refractivity contribution >= 4 is 0 Å². The third-order valence-electron chi connectivity index (χ3n) is 2.67. The molecule has 0 saturated carbocycles. The van der Waals surface area contributed by atoms with Crippen LogP contribution in [0.3, 0.4) is 0 Å². The molecular weight excluding hydrogens is 232 g/mol. The second kappa shape index (κ2) is 10.7. The van der Waals surface area contributed by atoms with Crippen molar-refractivity contribution in [1.29, 1.82) is 0 Å². The van der Waals surface area contributed by atoms with E-state index in [9.17, 15) is 0 Å². The van der Waals surface area contributed by atoms with Gasteiger partial charge in [0, 0.05) is 20.2 Å². The smallest absolute Gasteiger partial charge is 0.0701 e. The van der Waals surface area contributed by atoms with Crippen molar-refractivity contribution in [3.05, 3.63) is 0 Å². The van der Waals surface area contributed by atoms with Gasteiger partial charge in [0.05, 0.1) is 33.0 Å². The first kappa shape index (κ1) is 17.8. The molecule has 0 aromatic carbocycles. The molecule has 0 bridgehead atoms. The first-order chi connectivity index (χ1) is 8.52. The number of rotatable bonds is 12. The van der Waals surface area contributed by atoms with Crippen LogP contribution in [0.4, 0.5) is 0 Å². The van der Waals surface area contributed by atoms with Crippen LogP contribution in [-0.4, -0.2) is 71.7 Å². The van der Waals surface area contributed by atoms with Crippen molar-refractivity contribution in [3.63, 3.8) is 0 Å². The molecule has 0 saturated heterocycles. The Morgan fingerprint density at radius 2 is 1.56 bits per heavy atom. The lowest BCUT2D eigenvalue weighted by atomic mass is 9.93. The topological polar surface area (TPSA) is 57.0 Å². The Bertz CT molecular complexity index is 189. The van der Waals surface area contributed by atoms with Crippen molar-refractivity contribution in [2.24, 2.45) is 11.1 Å². The summed E-state index contributed by atoms with van der Waals surface area (Å²) in [6.45, 7) is 10.2. The molecule has 18 heavy (non-hydrogen) atoms. The van der Waals surface area contributed by atoms with Crippen LogP contribution >= 0.6 is 0 Å². The Kier molecular flexibility index (Phi) is 10.6. The predicted molar refractivity (Wildman–Crippen MR) is 73.8 cm³/mol. The molecule has 0 atom stereocenters. The lowest BCUT2D eigenvalue weighted by Crippen LogP contribution is -2.38. The highest BCUT2D eigenvalue weighted by atomic mass is 16.5. The Morgan fingerprint density at radius 3 is 2.11 bits per heavy atom. The predicted octanol–water partition coefficient (Wildman–Crippen LogP) is 0.583. The van der Waals surface area contributed by atoms with E-state index in [-0.39, 0.29) is 5.41 Å². The summed E-state index contributed by atoms with van der Waals surface area (Å²) in [5, 5.41) is 0. The van der Waals surface area contributed by atoms with E-state index >= 15 is 0 Å². The SMILES string of the molecule is COCCOCCOCCN(C)CC(C)(C)CN. The molecule has 0 radical (unpaired) electrons. The van der Waals surface area contributed by atoms with E-state index in [0.717, 1.165) is 19.7 Å². The van der Waals surface area contributed by atoms with Gasteiger partial charge in [-0.2, -0.15) is 0 Å². The first-order valence-electron chi connectivity index (χ1n) is 6.55. The number of likely N-dealkylation sites (N-methyl/N-ethyl adjacent to an activating group) is 1. The molecule has 0 heterocycles. The van der Waals surface area contributed by atoms with Gasteiger partial charge in [0.1, 0.15) is 0 Å². The minimum atomic E-state index is 0.165. The highest BCUT2D eigenvalue weighted by molar-refractivity contribution is 4.72. The number of hydrogen-bond acceptors (Lipinski definition) is 5. The van der Waals surface area contributed by atoms with Gasteiger partial charge in [-0.25, -0.2) is 0 Å². The van der Waals surface area contributed by atoms with E-state index in [1.165, 1.54) is 0 Å². The van der Waals surface area contributed by atoms with Gasteiger partial charge >= 0.3 is 0 Å². The Hall–Kier alpha value is -0.200. The maximum Gasteiger partial charge on any atom is 0.0701 e. The van der Waals surface area contributed by atoms with Crippen molar-refractivity contribution < 1.29 is 14.2 Å². The van der Waals surface area contributed by atoms with Gasteiger partial charge in [-0.15, -0.1) is 0 Å². The quantitative estimate of drug-likeness (QED) is 0.522. The van der Waals surface area contributed by atoms with Crippen molar-refractivity contribution in [1.82, 2.24) is 4.90 Å². The lowest BCUT2D eigenvalue weighted by Gasteiger charge is -2.28. The van der Waals surface area contributed by atoms with Gasteiger partial charge in [-0.3, -0.25) is 0 Å². The monoisotopic (exact) mass is 262 g/mol. The molecule has 0 aromatic heterocycles. The number of methoxy groups -OCH3 is 1. The summed E-state index contributed by atoms with van der Waals surface area (Å²) in [5.74, 6) is 0. The molecule has 5 nitrogen and oxygen atoms in total. The van der Waals surface area contributed by atoms with E-state index in [2.05, 4.69) is 25.8 Å². The largest absolute Gasteiger partial charge is 0.382 e. The molecule has 0 amide bonds. The Morgan fingerprint density at radius 1 is 1.00 bits per heavy atom. The van der Waals surface area contributed by atoms with Crippen LogP contribution in [0, 0.1) is 5.41 Å². The van der Waals surface area contributed by atoms with Gasteiger partial charge in [0.25, 0.3) is 0 Å². The first-order valence-corrected chi connectivity index (χ1v) is 6.55. The second-order valence-electron chi connectivity index (χ2n) is 5.32. The van der Waals surface area contributed by atoms with Crippen LogP contribution in [-0.2, 0) is 14.2 Å². The van der Waals surface area contributed by atoms with Gasteiger partial charge < -0.3 is 24.8 Å². The summed E-state index contributed by atoms with van der Waals surface area (Å²) < 4.78 is 15.7. The van der Waals surface area contributed by atoms with Gasteiger partial charge in [0.15, 0.2) is 0 Å². The van der Waals surface area contributed by atoms with E-state index in [1.54, 1.807) is 7.11 Å². The Balaban J connectivity index is 3.33. The van der Waals surface area contributed by atoms with E-state index in [0.29, 0.717) is 33.0 Å². The average Bonchev–Trinajstić information content (AvgIpc) is 2.32. The van der Waals surface area contributed by atoms with Crippen LogP contribution in [0.5, 0.6) is 0 Å². The molecule has 0 unspecified atom stereocenters. The van der Waals surface area contributed by atoms with E-state index in [4.69, 9.17) is 19.9 Å². The molecule has 0 rings (SSSR count). The summed E-state index contributed by atoms with van der Waals surface area (Å²) >= 11 is 0. The normalized spacial score (nSPS) is 12.3. The molecule has 110 valence electrons. The molecule has 2 N–H and O–H groups in total. The molecule has 0 aliphatic heterocycles. The molecule has 0 aromatic rings. The van der Waals surface area contributed by atoms with Crippen molar-refractivity contribution in [2.45, 2.75) is 13.8 Å². The fraction of sp³-hybridized carbons (Fsp3) is 1.00. The zero-order valence-electron chi connectivity index (χ0n) is 12.4. The van der Waals surface area contributed by atoms with Crippen LogP contribution in [0.25, 0.3) is 0 Å². The minimum absolute atomic E-state index is 0.165. The number of nitrogens with two attached hydrogens (primary N) is 1. The van der Waals surface area contributed by atoms with Gasteiger partial charge in [-0.05, 0) is 19.0 Å². The van der Waals surface area contributed by atoms with Crippen molar-refractivity contribution in [3.8, 4) is 0 Å². The van der Waals surface area contributed by atoms with E-state index < -0.39 is 0 Å². The maximum atomic E-state index is 5.70. The molecule has 0 fully saturated rings. The third kappa shape index (κ3) is 10.9. The Labute approximate surface area is 112 Å². The minimum Gasteiger partial charge on any atom is -0.382 e. The standard InChI is InChI=1S/C13H30N2O3/c1-13(2,11-14)12-15(3)5-6-17-9-10-18-8-7-16-4/h5-12,14H2,1-4H3.